The Hall–Kier alpha value is -3.86. The van der Waals surface area contributed by atoms with Crippen LogP contribution in [0.25, 0.3) is 10.2 Å². The molecule has 2 amide bonds. The van der Waals surface area contributed by atoms with Crippen LogP contribution < -0.4 is 10.1 Å². The van der Waals surface area contributed by atoms with Crippen molar-refractivity contribution in [3.8, 4) is 5.75 Å². The van der Waals surface area contributed by atoms with Crippen LogP contribution in [-0.4, -0.2) is 77.6 Å². The van der Waals surface area contributed by atoms with Gasteiger partial charge in [-0.25, -0.2) is 4.98 Å². The molecule has 3 atom stereocenters. The van der Waals surface area contributed by atoms with E-state index in [1.807, 2.05) is 36.4 Å². The normalized spacial score (nSPS) is 20.5. The number of pyridine rings is 1. The number of carbonyl (C=O) groups excluding carboxylic acids is 2. The van der Waals surface area contributed by atoms with Crippen LogP contribution in [0.5, 0.6) is 5.75 Å². The number of anilines is 1. The van der Waals surface area contributed by atoms with Crippen molar-refractivity contribution in [2.24, 2.45) is 5.92 Å². The van der Waals surface area contributed by atoms with E-state index in [-0.39, 0.29) is 29.9 Å². The zero-order chi connectivity index (χ0) is 28.9. The third kappa shape index (κ3) is 6.73. The van der Waals surface area contributed by atoms with Gasteiger partial charge >= 0.3 is 0 Å². The van der Waals surface area contributed by atoms with Crippen molar-refractivity contribution in [2.75, 3.05) is 39.2 Å². The summed E-state index contributed by atoms with van der Waals surface area (Å²) in [6.07, 6.45) is 3.46. The Morgan fingerprint density at radius 1 is 1.12 bits per heavy atom. The van der Waals surface area contributed by atoms with Gasteiger partial charge in [0.15, 0.2) is 5.01 Å². The number of thiazole rings is 1. The predicted molar refractivity (Wildman–Crippen MR) is 161 cm³/mol. The lowest BCUT2D eigenvalue weighted by Crippen LogP contribution is -2.46. The van der Waals surface area contributed by atoms with Gasteiger partial charge in [0.1, 0.15) is 12.4 Å². The minimum absolute atomic E-state index is 0.0317. The molecule has 0 saturated carbocycles. The van der Waals surface area contributed by atoms with Gasteiger partial charge in [-0.15, -0.1) is 11.3 Å². The van der Waals surface area contributed by atoms with Crippen LogP contribution in [0.1, 0.15) is 39.6 Å². The van der Waals surface area contributed by atoms with E-state index in [9.17, 15) is 9.59 Å². The van der Waals surface area contributed by atoms with Crippen LogP contribution in [0.4, 0.5) is 5.69 Å². The van der Waals surface area contributed by atoms with E-state index in [1.165, 1.54) is 11.3 Å². The van der Waals surface area contributed by atoms with Gasteiger partial charge in [0, 0.05) is 64.0 Å². The molecule has 1 aliphatic heterocycles. The van der Waals surface area contributed by atoms with Crippen molar-refractivity contribution in [1.82, 2.24) is 19.8 Å². The molecule has 2 aromatic carbocycles. The molecule has 4 aromatic rings. The number of benzene rings is 2. The molecular formula is C31H35N5O4S. The van der Waals surface area contributed by atoms with E-state index >= 15 is 0 Å². The van der Waals surface area contributed by atoms with Gasteiger partial charge in [-0.3, -0.25) is 19.5 Å². The highest BCUT2D eigenvalue weighted by molar-refractivity contribution is 7.20. The van der Waals surface area contributed by atoms with E-state index in [1.54, 1.807) is 49.7 Å². The summed E-state index contributed by atoms with van der Waals surface area (Å²) in [5, 5.41) is 3.30. The third-order valence-electron chi connectivity index (χ3n) is 7.46. The molecular weight excluding hydrogens is 538 g/mol. The van der Waals surface area contributed by atoms with Gasteiger partial charge < -0.3 is 19.7 Å². The number of nitrogens with one attached hydrogen (secondary N) is 1. The summed E-state index contributed by atoms with van der Waals surface area (Å²) in [7, 11) is 3.47. The van der Waals surface area contributed by atoms with E-state index in [4.69, 9.17) is 9.47 Å². The molecule has 1 aliphatic rings. The van der Waals surface area contributed by atoms with Gasteiger partial charge in [-0.05, 0) is 54.8 Å². The maximum atomic E-state index is 13.5. The zero-order valence-electron chi connectivity index (χ0n) is 23.7. The van der Waals surface area contributed by atoms with Crippen molar-refractivity contribution < 1.29 is 19.1 Å². The first-order chi connectivity index (χ1) is 19.8. The van der Waals surface area contributed by atoms with E-state index in [2.05, 4.69) is 34.0 Å². The third-order valence-corrected chi connectivity index (χ3v) is 8.49. The van der Waals surface area contributed by atoms with Gasteiger partial charge in [0.2, 0.25) is 0 Å². The van der Waals surface area contributed by atoms with Crippen LogP contribution >= 0.6 is 11.3 Å². The minimum atomic E-state index is -0.309. The Balaban J connectivity index is 1.42. The summed E-state index contributed by atoms with van der Waals surface area (Å²) in [6, 6.07) is 16.9. The highest BCUT2D eigenvalue weighted by Gasteiger charge is 2.28. The second kappa shape index (κ2) is 12.8. The molecule has 0 fully saturated rings. The average molecular weight is 574 g/mol. The summed E-state index contributed by atoms with van der Waals surface area (Å²) >= 11 is 1.34. The van der Waals surface area contributed by atoms with E-state index in [0.717, 1.165) is 28.9 Å². The molecule has 0 unspecified atom stereocenters. The SMILES string of the molecule is CO[C@H]1CN(C)C(=O)c2ccc(NC(=O)c3nc4ccccc4s3)cc2OC[C@@H](C)N(Cc2ccncc2)C[C@@H]1C. The molecule has 9 nitrogen and oxygen atoms in total. The molecule has 0 saturated heterocycles. The molecule has 3 heterocycles. The van der Waals surface area contributed by atoms with Gasteiger partial charge in [0.05, 0.1) is 21.9 Å². The Labute approximate surface area is 244 Å². The molecule has 41 heavy (non-hydrogen) atoms. The Morgan fingerprint density at radius 2 is 1.90 bits per heavy atom. The fourth-order valence-corrected chi connectivity index (χ4v) is 5.88. The second-order valence-electron chi connectivity index (χ2n) is 10.5. The molecule has 1 N–H and O–H groups in total. The number of rotatable bonds is 5. The largest absolute Gasteiger partial charge is 0.491 e. The Morgan fingerprint density at radius 3 is 2.66 bits per heavy atom. The fourth-order valence-electron chi connectivity index (χ4n) is 5.02. The van der Waals surface area contributed by atoms with Crippen LogP contribution in [0.2, 0.25) is 0 Å². The lowest BCUT2D eigenvalue weighted by atomic mass is 10.0. The fraction of sp³-hybridized carbons (Fsp3) is 0.355. The molecule has 0 bridgehead atoms. The van der Waals surface area contributed by atoms with Gasteiger partial charge in [-0.1, -0.05) is 19.1 Å². The number of para-hydroxylation sites is 1. The smallest absolute Gasteiger partial charge is 0.284 e. The molecule has 2 aromatic heterocycles. The first kappa shape index (κ1) is 28.7. The van der Waals surface area contributed by atoms with Crippen LogP contribution in [0.15, 0.2) is 67.0 Å². The average Bonchev–Trinajstić information content (AvgIpc) is 3.43. The highest BCUT2D eigenvalue weighted by atomic mass is 32.1. The van der Waals surface area contributed by atoms with Crippen LogP contribution in [0.3, 0.4) is 0 Å². The van der Waals surface area contributed by atoms with Crippen LogP contribution in [0, 0.1) is 5.92 Å². The van der Waals surface area contributed by atoms with Crippen molar-refractivity contribution >= 4 is 39.1 Å². The van der Waals surface area contributed by atoms with Crippen molar-refractivity contribution in [1.29, 1.82) is 0 Å². The Bertz CT molecular complexity index is 1480. The number of methoxy groups -OCH3 is 1. The molecule has 0 aliphatic carbocycles. The summed E-state index contributed by atoms with van der Waals surface area (Å²) < 4.78 is 13.1. The first-order valence-corrected chi connectivity index (χ1v) is 14.5. The summed E-state index contributed by atoms with van der Waals surface area (Å²) in [5.74, 6) is 0.109. The van der Waals surface area contributed by atoms with Gasteiger partial charge in [-0.2, -0.15) is 0 Å². The number of ether oxygens (including phenoxy) is 2. The summed E-state index contributed by atoms with van der Waals surface area (Å²) in [6.45, 7) is 6.55. The summed E-state index contributed by atoms with van der Waals surface area (Å²) in [4.78, 5) is 39.2. The standard InChI is InChI=1S/C31H35N5O4S/c1-20-16-36(17-22-11-13-32-14-12-22)21(2)19-40-26-15-23(9-10-24(26)31(38)35(3)18-27(20)39-4)33-29(37)30-34-25-7-5-6-8-28(25)41-30/h5-15,20-21,27H,16-19H2,1-4H3,(H,33,37)/t20-,21+,27-/m0/s1. The molecule has 5 rings (SSSR count). The predicted octanol–water partition coefficient (Wildman–Crippen LogP) is 4.95. The monoisotopic (exact) mass is 573 g/mol. The summed E-state index contributed by atoms with van der Waals surface area (Å²) in [5.41, 5.74) is 2.90. The Kier molecular flexibility index (Phi) is 8.92. The number of hydrogen-bond acceptors (Lipinski definition) is 8. The zero-order valence-corrected chi connectivity index (χ0v) is 24.6. The number of likely N-dealkylation sites (N-methyl/N-ethyl adjacent to an activating group) is 1. The van der Waals surface area contributed by atoms with E-state index in [0.29, 0.717) is 35.2 Å². The van der Waals surface area contributed by atoms with Crippen molar-refractivity contribution in [3.05, 3.63) is 83.1 Å². The number of fused-ring (bicyclic) bond motifs is 2. The maximum absolute atomic E-state index is 13.5. The maximum Gasteiger partial charge on any atom is 0.284 e. The molecule has 0 radical (unpaired) electrons. The lowest BCUT2D eigenvalue weighted by Gasteiger charge is -2.36. The number of amides is 2. The number of nitrogens with zero attached hydrogens (tertiary/aromatic N) is 4. The van der Waals surface area contributed by atoms with Crippen molar-refractivity contribution in [3.63, 3.8) is 0 Å². The quantitative estimate of drug-likeness (QED) is 0.361. The molecule has 214 valence electrons. The van der Waals surface area contributed by atoms with Crippen molar-refractivity contribution in [2.45, 2.75) is 32.5 Å². The molecule has 0 spiro atoms. The number of carbonyl (C=O) groups is 2. The van der Waals surface area contributed by atoms with Crippen LogP contribution in [-0.2, 0) is 11.3 Å². The van der Waals surface area contributed by atoms with Gasteiger partial charge in [0.25, 0.3) is 11.8 Å². The lowest BCUT2D eigenvalue weighted by molar-refractivity contribution is 0.00921. The van der Waals surface area contributed by atoms with E-state index < -0.39 is 0 Å². The number of hydrogen-bond donors (Lipinski definition) is 1. The topological polar surface area (TPSA) is 96.9 Å². The number of aromatic nitrogens is 2. The molecule has 10 heteroatoms. The second-order valence-corrected chi connectivity index (χ2v) is 11.6. The highest BCUT2D eigenvalue weighted by Crippen LogP contribution is 2.28. The minimum Gasteiger partial charge on any atom is -0.491 e. The first-order valence-electron chi connectivity index (χ1n) is 13.7.